The van der Waals surface area contributed by atoms with Crippen molar-refractivity contribution >= 4 is 0 Å². The molecule has 0 radical (unpaired) electrons. The van der Waals surface area contributed by atoms with Crippen molar-refractivity contribution in [3.8, 4) is 0 Å². The van der Waals surface area contributed by atoms with Crippen LogP contribution in [0.25, 0.3) is 0 Å². The Labute approximate surface area is 107 Å². The van der Waals surface area contributed by atoms with Gasteiger partial charge in [0.25, 0.3) is 0 Å². The van der Waals surface area contributed by atoms with E-state index in [0.29, 0.717) is 24.4 Å². The SMILES string of the molecule is CC1CCCC(CN)(Cc2ccc(F)cc2F)C1. The van der Waals surface area contributed by atoms with Crippen LogP contribution < -0.4 is 5.73 Å². The van der Waals surface area contributed by atoms with Gasteiger partial charge in [-0.15, -0.1) is 0 Å². The predicted molar refractivity (Wildman–Crippen MR) is 69.2 cm³/mol. The molecule has 0 aromatic heterocycles. The molecule has 0 heterocycles. The van der Waals surface area contributed by atoms with Crippen LogP contribution >= 0.6 is 0 Å². The van der Waals surface area contributed by atoms with Crippen LogP contribution in [0.2, 0.25) is 0 Å². The maximum atomic E-state index is 13.7. The molecule has 1 aliphatic rings. The van der Waals surface area contributed by atoms with Gasteiger partial charge in [0.1, 0.15) is 11.6 Å². The fourth-order valence-electron chi connectivity index (χ4n) is 3.26. The molecule has 100 valence electrons. The Morgan fingerprint density at radius 3 is 2.78 bits per heavy atom. The highest BCUT2D eigenvalue weighted by molar-refractivity contribution is 5.20. The van der Waals surface area contributed by atoms with Crippen molar-refractivity contribution in [3.63, 3.8) is 0 Å². The molecule has 2 unspecified atom stereocenters. The average molecular weight is 253 g/mol. The van der Waals surface area contributed by atoms with E-state index in [0.717, 1.165) is 25.3 Å². The lowest BCUT2D eigenvalue weighted by Crippen LogP contribution is -2.37. The number of rotatable bonds is 3. The molecule has 1 aromatic rings. The third-order valence-electron chi connectivity index (χ3n) is 4.20. The van der Waals surface area contributed by atoms with Crippen LogP contribution in [0.5, 0.6) is 0 Å². The molecule has 2 N–H and O–H groups in total. The summed E-state index contributed by atoms with van der Waals surface area (Å²) >= 11 is 0. The fourth-order valence-corrected chi connectivity index (χ4v) is 3.26. The largest absolute Gasteiger partial charge is 0.330 e. The highest BCUT2D eigenvalue weighted by Gasteiger charge is 2.34. The van der Waals surface area contributed by atoms with E-state index in [4.69, 9.17) is 5.73 Å². The second-order valence-corrected chi connectivity index (χ2v) is 5.82. The number of hydrogen-bond donors (Lipinski definition) is 1. The molecule has 0 aliphatic heterocycles. The third-order valence-corrected chi connectivity index (χ3v) is 4.20. The van der Waals surface area contributed by atoms with E-state index in [9.17, 15) is 8.78 Å². The van der Waals surface area contributed by atoms with E-state index in [1.54, 1.807) is 6.07 Å². The van der Waals surface area contributed by atoms with Gasteiger partial charge in [0.2, 0.25) is 0 Å². The van der Waals surface area contributed by atoms with Gasteiger partial charge in [-0.05, 0) is 48.8 Å². The van der Waals surface area contributed by atoms with Gasteiger partial charge in [-0.3, -0.25) is 0 Å². The first-order chi connectivity index (χ1) is 8.54. The van der Waals surface area contributed by atoms with Gasteiger partial charge in [0.05, 0.1) is 0 Å². The predicted octanol–water partition coefficient (Wildman–Crippen LogP) is 3.66. The van der Waals surface area contributed by atoms with Crippen LogP contribution in [0, 0.1) is 23.0 Å². The molecule has 1 nitrogen and oxygen atoms in total. The van der Waals surface area contributed by atoms with Crippen LogP contribution in [0.4, 0.5) is 8.78 Å². The summed E-state index contributed by atoms with van der Waals surface area (Å²) in [5, 5.41) is 0. The lowest BCUT2D eigenvalue weighted by atomic mass is 9.67. The zero-order chi connectivity index (χ0) is 13.2. The Bertz CT molecular complexity index is 419. The monoisotopic (exact) mass is 253 g/mol. The van der Waals surface area contributed by atoms with E-state index in [-0.39, 0.29) is 5.41 Å². The minimum Gasteiger partial charge on any atom is -0.330 e. The summed E-state index contributed by atoms with van der Waals surface area (Å²) in [4.78, 5) is 0. The Kier molecular flexibility index (Phi) is 4.00. The quantitative estimate of drug-likeness (QED) is 0.874. The Morgan fingerprint density at radius 2 is 2.17 bits per heavy atom. The highest BCUT2D eigenvalue weighted by Crippen LogP contribution is 2.41. The Balaban J connectivity index is 2.19. The standard InChI is InChI=1S/C15H21F2N/c1-11-3-2-6-15(8-11,10-18)9-12-4-5-13(16)7-14(12)17/h4-5,7,11H,2-3,6,8-10,18H2,1H3. The van der Waals surface area contributed by atoms with E-state index in [1.165, 1.54) is 12.5 Å². The molecule has 1 fully saturated rings. The van der Waals surface area contributed by atoms with Crippen molar-refractivity contribution in [3.05, 3.63) is 35.4 Å². The summed E-state index contributed by atoms with van der Waals surface area (Å²) < 4.78 is 26.6. The minimum atomic E-state index is -0.518. The van der Waals surface area contributed by atoms with Gasteiger partial charge in [-0.1, -0.05) is 25.8 Å². The second-order valence-electron chi connectivity index (χ2n) is 5.82. The molecular formula is C15H21F2N. The topological polar surface area (TPSA) is 26.0 Å². The first-order valence-corrected chi connectivity index (χ1v) is 6.69. The summed E-state index contributed by atoms with van der Waals surface area (Å²) in [6.45, 7) is 2.80. The molecular weight excluding hydrogens is 232 g/mol. The third kappa shape index (κ3) is 2.89. The molecule has 0 bridgehead atoms. The zero-order valence-corrected chi connectivity index (χ0v) is 10.9. The van der Waals surface area contributed by atoms with Crippen molar-refractivity contribution in [1.82, 2.24) is 0 Å². The molecule has 2 atom stereocenters. The van der Waals surface area contributed by atoms with Crippen LogP contribution in [-0.2, 0) is 6.42 Å². The second kappa shape index (κ2) is 5.35. The summed E-state index contributed by atoms with van der Waals surface area (Å²) in [5.74, 6) is -0.318. The summed E-state index contributed by atoms with van der Waals surface area (Å²) in [6, 6.07) is 3.85. The highest BCUT2D eigenvalue weighted by atomic mass is 19.1. The lowest BCUT2D eigenvalue weighted by molar-refractivity contribution is 0.152. The van der Waals surface area contributed by atoms with Crippen LogP contribution in [0.15, 0.2) is 18.2 Å². The van der Waals surface area contributed by atoms with E-state index < -0.39 is 11.6 Å². The first-order valence-electron chi connectivity index (χ1n) is 6.69. The van der Waals surface area contributed by atoms with Gasteiger partial charge in [-0.25, -0.2) is 8.78 Å². The Morgan fingerprint density at radius 1 is 1.39 bits per heavy atom. The molecule has 1 aliphatic carbocycles. The van der Waals surface area contributed by atoms with Crippen molar-refractivity contribution in [2.45, 2.75) is 39.0 Å². The van der Waals surface area contributed by atoms with Crippen molar-refractivity contribution in [2.75, 3.05) is 6.54 Å². The number of halogens is 2. The fraction of sp³-hybridized carbons (Fsp3) is 0.600. The Hall–Kier alpha value is -0.960. The summed E-state index contributed by atoms with van der Waals surface area (Å²) in [6.07, 6.45) is 5.10. The van der Waals surface area contributed by atoms with Crippen molar-refractivity contribution in [1.29, 1.82) is 0 Å². The molecule has 1 aromatic carbocycles. The van der Waals surface area contributed by atoms with E-state index in [2.05, 4.69) is 6.92 Å². The van der Waals surface area contributed by atoms with Gasteiger partial charge in [0, 0.05) is 6.07 Å². The van der Waals surface area contributed by atoms with Gasteiger partial charge >= 0.3 is 0 Å². The molecule has 3 heteroatoms. The molecule has 18 heavy (non-hydrogen) atoms. The maximum Gasteiger partial charge on any atom is 0.129 e. The number of hydrogen-bond acceptors (Lipinski definition) is 1. The minimum absolute atomic E-state index is 0.00363. The number of benzene rings is 1. The lowest BCUT2D eigenvalue weighted by Gasteiger charge is -2.39. The van der Waals surface area contributed by atoms with Crippen LogP contribution in [0.3, 0.4) is 0 Å². The molecule has 0 amide bonds. The molecule has 0 spiro atoms. The molecule has 2 rings (SSSR count). The molecule has 0 saturated heterocycles. The zero-order valence-electron chi connectivity index (χ0n) is 10.9. The smallest absolute Gasteiger partial charge is 0.129 e. The first kappa shape index (κ1) is 13.5. The van der Waals surface area contributed by atoms with E-state index in [1.807, 2.05) is 0 Å². The van der Waals surface area contributed by atoms with Gasteiger partial charge in [-0.2, -0.15) is 0 Å². The van der Waals surface area contributed by atoms with Crippen LogP contribution in [0.1, 0.15) is 38.2 Å². The van der Waals surface area contributed by atoms with Crippen LogP contribution in [-0.4, -0.2) is 6.54 Å². The normalized spacial score (nSPS) is 28.3. The van der Waals surface area contributed by atoms with E-state index >= 15 is 0 Å². The van der Waals surface area contributed by atoms with Crippen molar-refractivity contribution in [2.24, 2.45) is 17.1 Å². The van der Waals surface area contributed by atoms with Crippen molar-refractivity contribution < 1.29 is 8.78 Å². The summed E-state index contributed by atoms with van der Waals surface area (Å²) in [7, 11) is 0. The number of nitrogens with two attached hydrogens (primary N) is 1. The maximum absolute atomic E-state index is 13.7. The molecule has 1 saturated carbocycles. The summed E-state index contributed by atoms with van der Waals surface area (Å²) in [5.41, 5.74) is 6.52. The van der Waals surface area contributed by atoms with Gasteiger partial charge in [0.15, 0.2) is 0 Å². The van der Waals surface area contributed by atoms with Gasteiger partial charge < -0.3 is 5.73 Å². The average Bonchev–Trinajstić information content (AvgIpc) is 2.33.